The fraction of sp³-hybridized carbons (Fsp3) is 0.532. The molecule has 20 nitrogen and oxygen atoms in total. The lowest BCUT2D eigenvalue weighted by molar-refractivity contribution is -0.144. The number of benzene rings is 4. The predicted octanol–water partition coefficient (Wildman–Crippen LogP) is 12.5. The molecule has 0 radical (unpaired) electrons. The molecule has 106 heavy (non-hydrogen) atoms. The standard InChI is InChI=1S/C77H101F5N10O10S4/c1-50(70(78)79)19-20-56-44-76(7,8)34-31-57(56)45-90-38-40-91(41-39-90)60-27-25-55(26-28-60)72(96)88-106(101,102)63-29-30-64(66(43-63)105(99,100)77(80,81)82)86-59(48-103-62-16-12-11-13-17-62)33-37-89-36-32-58(46-89)71(95)83-35-15-10-9-14-18-67(94)87-69(75(4,5)6)74(98)92-47-61(93)42-65(92)73(97)85-51(2)53-21-23-54(24-22-53)68-52(3)84-49-104-68/h11-13,16-17,21-30,43,49,51,58-59,61,65,69-70,86,93H,1,9-10,14-15,18-20,31-42,44-48H2,2-8H3,(H,83,95)(H,85,97)(H,87,94)(H,88,96)/t51-,58-,59+,61+,65-,69+/m0/s1. The largest absolute Gasteiger partial charge is 0.501 e. The van der Waals surface area contributed by atoms with Gasteiger partial charge in [0.25, 0.3) is 32.2 Å². The van der Waals surface area contributed by atoms with Gasteiger partial charge < -0.3 is 41.1 Å². The number of unbranched alkanes of at least 4 members (excludes halogenated alkanes) is 3. The Balaban J connectivity index is 0.731. The first-order valence-electron chi connectivity index (χ1n) is 36.3. The summed E-state index contributed by atoms with van der Waals surface area (Å²) in [6, 6.07) is 22.4. The molecule has 0 bridgehead atoms. The van der Waals surface area contributed by atoms with Gasteiger partial charge in [-0.05, 0) is 160 Å². The summed E-state index contributed by atoms with van der Waals surface area (Å²) in [5.41, 5.74) is 0.756. The van der Waals surface area contributed by atoms with Gasteiger partial charge in [0, 0.05) is 99.7 Å². The summed E-state index contributed by atoms with van der Waals surface area (Å²) in [6.07, 6.45) is 3.59. The minimum absolute atomic E-state index is 0.0540. The molecule has 1 aliphatic carbocycles. The van der Waals surface area contributed by atoms with Gasteiger partial charge in [0.15, 0.2) is 0 Å². The second-order valence-corrected chi connectivity index (χ2v) is 35.8. The van der Waals surface area contributed by atoms with E-state index in [4.69, 9.17) is 0 Å². The minimum Gasteiger partial charge on any atom is -0.391 e. The molecule has 0 unspecified atom stereocenters. The molecule has 6 atom stereocenters. The summed E-state index contributed by atoms with van der Waals surface area (Å²) in [6.45, 7) is 22.3. The van der Waals surface area contributed by atoms with Gasteiger partial charge >= 0.3 is 5.51 Å². The van der Waals surface area contributed by atoms with Crippen LogP contribution in [0.4, 0.5) is 33.3 Å². The number of carbonyl (C=O) groups is 5. The number of rotatable bonds is 33. The zero-order valence-corrected chi connectivity index (χ0v) is 64.7. The van der Waals surface area contributed by atoms with E-state index in [9.17, 15) is 67.9 Å². The van der Waals surface area contributed by atoms with Crippen molar-refractivity contribution >= 4 is 83.9 Å². The van der Waals surface area contributed by atoms with E-state index in [0.29, 0.717) is 96.9 Å². The number of sulfone groups is 1. The Morgan fingerprint density at radius 3 is 2.18 bits per heavy atom. The number of thiazole rings is 1. The molecule has 29 heteroatoms. The number of allylic oxidation sites excluding steroid dienone is 2. The molecular formula is C77H101F5N10O10S4. The van der Waals surface area contributed by atoms with Crippen molar-refractivity contribution in [3.8, 4) is 10.4 Å². The molecule has 4 aromatic carbocycles. The number of aliphatic hydroxyl groups excluding tert-OH is 1. The molecule has 0 saturated carbocycles. The number of likely N-dealkylation sites (tertiary alicyclic amines) is 2. The summed E-state index contributed by atoms with van der Waals surface area (Å²) in [5.74, 6) is -2.55. The molecule has 5 amide bonds. The summed E-state index contributed by atoms with van der Waals surface area (Å²) >= 11 is 2.92. The summed E-state index contributed by atoms with van der Waals surface area (Å²) in [4.78, 5) is 80.4. The van der Waals surface area contributed by atoms with Gasteiger partial charge in [-0.15, -0.1) is 23.1 Å². The van der Waals surface area contributed by atoms with Gasteiger partial charge in [-0.3, -0.25) is 28.9 Å². The van der Waals surface area contributed by atoms with Crippen LogP contribution in [0.25, 0.3) is 10.4 Å². The Kier molecular flexibility index (Phi) is 28.3. The minimum atomic E-state index is -6.20. The van der Waals surface area contributed by atoms with Crippen LogP contribution < -0.4 is 30.9 Å². The lowest BCUT2D eigenvalue weighted by Crippen LogP contribution is -2.57. The van der Waals surface area contributed by atoms with Crippen LogP contribution in [-0.2, 0) is 39.0 Å². The molecule has 9 rings (SSSR count). The van der Waals surface area contributed by atoms with Crippen LogP contribution in [0, 0.1) is 23.7 Å². The zero-order valence-electron chi connectivity index (χ0n) is 61.4. The number of nitrogens with zero attached hydrogens (tertiary/aromatic N) is 5. The lowest BCUT2D eigenvalue weighted by atomic mass is 9.73. The van der Waals surface area contributed by atoms with Crippen molar-refractivity contribution in [2.45, 2.75) is 189 Å². The maximum absolute atomic E-state index is 14.6. The highest BCUT2D eigenvalue weighted by atomic mass is 32.2. The van der Waals surface area contributed by atoms with Crippen molar-refractivity contribution in [1.29, 1.82) is 0 Å². The average molecular weight is 1550 g/mol. The van der Waals surface area contributed by atoms with E-state index >= 15 is 0 Å². The highest BCUT2D eigenvalue weighted by molar-refractivity contribution is 7.99. The van der Waals surface area contributed by atoms with E-state index in [0.717, 1.165) is 70.2 Å². The van der Waals surface area contributed by atoms with Crippen molar-refractivity contribution in [3.05, 3.63) is 143 Å². The van der Waals surface area contributed by atoms with Gasteiger partial charge in [-0.2, -0.15) is 13.2 Å². The number of nitrogens with one attached hydrogen (secondary N) is 5. The number of β-amino-alcohol motifs (C(OH)–C–C–N with tert-alkyl or cyclic N) is 1. The Morgan fingerprint density at radius 2 is 1.52 bits per heavy atom. The topological polar surface area (TPSA) is 260 Å². The molecular weight excluding hydrogens is 1450 g/mol. The highest BCUT2D eigenvalue weighted by Gasteiger charge is 2.49. The van der Waals surface area contributed by atoms with Crippen LogP contribution >= 0.6 is 23.1 Å². The van der Waals surface area contributed by atoms with Crippen LogP contribution in [0.5, 0.6) is 0 Å². The summed E-state index contributed by atoms with van der Waals surface area (Å²) in [5, 5.41) is 22.7. The number of sulfonamides is 1. The number of carbonyl (C=O) groups excluding carboxylic acids is 5. The van der Waals surface area contributed by atoms with Crippen LogP contribution in [0.2, 0.25) is 0 Å². The number of amides is 5. The third-order valence-corrected chi connectivity index (χ3v) is 25.4. The third kappa shape index (κ3) is 22.4. The monoisotopic (exact) mass is 1550 g/mol. The molecule has 6 N–H and O–H groups in total. The van der Waals surface area contributed by atoms with Gasteiger partial charge in [-0.1, -0.05) is 108 Å². The number of anilines is 2. The van der Waals surface area contributed by atoms with E-state index in [2.05, 4.69) is 56.5 Å². The Morgan fingerprint density at radius 1 is 0.821 bits per heavy atom. The first-order chi connectivity index (χ1) is 50.0. The SMILES string of the molecule is C=C(CCC1=C(CN2CCN(c3ccc(C(=O)NS(=O)(=O)c4ccc(N[C@H](CCN5CC[C@H](C(=O)NCCCCCCC(=O)N[C@H](C(=O)N6C[C@H](O)C[C@H]6C(=O)N[C@@H](C)c6ccc(-c7scnc7C)cc6)C(C)(C)C)C5)CSc5ccccc5)c(S(=O)(=O)C(F)(F)F)c4)cc3)CC2)CCC(C)(C)C1)C(F)F. The summed E-state index contributed by atoms with van der Waals surface area (Å²) in [7, 11) is -11.2. The molecule has 578 valence electrons. The molecule has 3 fully saturated rings. The second-order valence-electron chi connectivity index (χ2n) is 30.2. The van der Waals surface area contributed by atoms with Crippen LogP contribution in [0.15, 0.2) is 141 Å². The van der Waals surface area contributed by atoms with Gasteiger partial charge in [0.05, 0.1) is 44.7 Å². The molecule has 3 aliphatic heterocycles. The number of piperazine rings is 1. The van der Waals surface area contributed by atoms with Crippen molar-refractivity contribution in [3.63, 3.8) is 0 Å². The fourth-order valence-electron chi connectivity index (χ4n) is 14.1. The fourth-order valence-corrected chi connectivity index (χ4v) is 17.9. The number of halogens is 5. The zero-order chi connectivity index (χ0) is 76.9. The molecule has 4 aliphatic rings. The number of aliphatic hydroxyl groups is 1. The van der Waals surface area contributed by atoms with E-state index in [1.165, 1.54) is 39.9 Å². The molecule has 0 spiro atoms. The van der Waals surface area contributed by atoms with Crippen molar-refractivity contribution < 1.29 is 67.9 Å². The first kappa shape index (κ1) is 82.8. The maximum atomic E-state index is 14.6. The van der Waals surface area contributed by atoms with E-state index in [1.807, 2.05) is 98.8 Å². The van der Waals surface area contributed by atoms with Gasteiger partial charge in [0.2, 0.25) is 23.6 Å². The van der Waals surface area contributed by atoms with Crippen molar-refractivity contribution in [1.82, 2.24) is 40.4 Å². The van der Waals surface area contributed by atoms with Crippen LogP contribution in [0.3, 0.4) is 0 Å². The Hall–Kier alpha value is -7.28. The normalized spacial score (nSPS) is 19.2. The average Bonchev–Trinajstić information content (AvgIpc) is 1.57. The summed E-state index contributed by atoms with van der Waals surface area (Å²) < 4.78 is 127. The lowest BCUT2D eigenvalue weighted by Gasteiger charge is -2.39. The number of thioether (sulfide) groups is 1. The highest BCUT2D eigenvalue weighted by Crippen LogP contribution is 2.42. The van der Waals surface area contributed by atoms with E-state index in [-0.39, 0.29) is 72.3 Å². The smallest absolute Gasteiger partial charge is 0.391 e. The van der Waals surface area contributed by atoms with E-state index < -0.39 is 101 Å². The Bertz CT molecular complexity index is 4150. The van der Waals surface area contributed by atoms with Crippen LogP contribution in [-0.4, -0.2) is 179 Å². The van der Waals surface area contributed by atoms with Crippen LogP contribution in [0.1, 0.15) is 153 Å². The molecule has 1 aromatic heterocycles. The first-order valence-corrected chi connectivity index (χ1v) is 41.2. The van der Waals surface area contributed by atoms with Gasteiger partial charge in [0.1, 0.15) is 17.0 Å². The number of aryl methyl sites for hydroxylation is 1. The maximum Gasteiger partial charge on any atom is 0.501 e. The number of alkyl halides is 5. The number of hydrogen-bond donors (Lipinski definition) is 6. The number of aromatic nitrogens is 1. The molecule has 4 heterocycles. The third-order valence-electron chi connectivity index (χ3n) is 20.4. The van der Waals surface area contributed by atoms with Gasteiger partial charge in [-0.25, -0.2) is 35.3 Å². The Labute approximate surface area is 628 Å². The van der Waals surface area contributed by atoms with Crippen molar-refractivity contribution in [2.75, 3.05) is 81.4 Å². The number of hydrogen-bond acceptors (Lipinski definition) is 17. The van der Waals surface area contributed by atoms with Crippen molar-refractivity contribution in [2.24, 2.45) is 16.7 Å². The van der Waals surface area contributed by atoms with E-state index in [1.54, 1.807) is 29.0 Å². The second kappa shape index (κ2) is 36.3. The quantitative estimate of drug-likeness (QED) is 0.00987. The molecule has 3 saturated heterocycles. The predicted molar refractivity (Wildman–Crippen MR) is 405 cm³/mol. The molecule has 5 aromatic rings.